The Bertz CT molecular complexity index is 522. The molecule has 2 saturated heterocycles. The number of rotatable bonds is 2. The van der Waals surface area contributed by atoms with E-state index in [0.29, 0.717) is 0 Å². The Morgan fingerprint density at radius 2 is 1.78 bits per heavy atom. The molecule has 0 unspecified atom stereocenters. The predicted octanol–water partition coefficient (Wildman–Crippen LogP) is 1.04. The van der Waals surface area contributed by atoms with Gasteiger partial charge in [0.15, 0.2) is 0 Å². The molecule has 0 aromatic heterocycles. The Labute approximate surface area is 139 Å². The van der Waals surface area contributed by atoms with Crippen molar-refractivity contribution in [3.63, 3.8) is 0 Å². The van der Waals surface area contributed by atoms with Crippen LogP contribution in [0.15, 0.2) is 18.2 Å². The van der Waals surface area contributed by atoms with E-state index in [-0.39, 0.29) is 0 Å². The highest BCUT2D eigenvalue weighted by Crippen LogP contribution is 2.28. The van der Waals surface area contributed by atoms with Crippen molar-refractivity contribution in [2.45, 2.75) is 25.4 Å². The highest BCUT2D eigenvalue weighted by Gasteiger charge is 2.25. The second-order valence-corrected chi connectivity index (χ2v) is 6.82. The van der Waals surface area contributed by atoms with Crippen molar-refractivity contribution < 1.29 is 4.74 Å². The molecule has 0 aliphatic carbocycles. The Balaban J connectivity index is 1.39. The summed E-state index contributed by atoms with van der Waals surface area (Å²) in [5, 5.41) is 6.86. The molecule has 1 aromatic carbocycles. The third-order valence-electron chi connectivity index (χ3n) is 5.41. The first kappa shape index (κ1) is 15.2. The maximum Gasteiger partial charge on any atom is 0.125 e. The average molecular weight is 316 g/mol. The molecule has 2 N–H and O–H groups in total. The molecule has 23 heavy (non-hydrogen) atoms. The second kappa shape index (κ2) is 7.07. The van der Waals surface area contributed by atoms with Crippen LogP contribution in [0.2, 0.25) is 0 Å². The molecular weight excluding hydrogens is 288 g/mol. The molecule has 0 bridgehead atoms. The molecular formula is C18H28N4O. The monoisotopic (exact) mass is 316 g/mol. The number of piperazine rings is 1. The fourth-order valence-electron chi connectivity index (χ4n) is 3.99. The number of ether oxygens (including phenoxy) is 1. The van der Waals surface area contributed by atoms with Gasteiger partial charge in [-0.1, -0.05) is 6.07 Å². The van der Waals surface area contributed by atoms with Crippen LogP contribution < -0.4 is 20.3 Å². The highest BCUT2D eigenvalue weighted by molar-refractivity contribution is 5.54. The summed E-state index contributed by atoms with van der Waals surface area (Å²) in [5.74, 6) is 1.06. The minimum absolute atomic E-state index is 0.764. The Morgan fingerprint density at radius 3 is 2.61 bits per heavy atom. The average Bonchev–Trinajstić information content (AvgIpc) is 2.87. The van der Waals surface area contributed by atoms with E-state index < -0.39 is 0 Å². The van der Waals surface area contributed by atoms with Gasteiger partial charge in [-0.15, -0.1) is 0 Å². The summed E-state index contributed by atoms with van der Waals surface area (Å²) in [4.78, 5) is 5.21. The summed E-state index contributed by atoms with van der Waals surface area (Å²) in [6.45, 7) is 9.59. The zero-order valence-electron chi connectivity index (χ0n) is 13.9. The summed E-state index contributed by atoms with van der Waals surface area (Å²) >= 11 is 0. The zero-order valence-corrected chi connectivity index (χ0v) is 13.9. The summed E-state index contributed by atoms with van der Waals surface area (Å²) in [5.41, 5.74) is 2.59. The summed E-state index contributed by atoms with van der Waals surface area (Å²) in [6, 6.07) is 7.51. The first-order valence-electron chi connectivity index (χ1n) is 9.06. The van der Waals surface area contributed by atoms with E-state index in [2.05, 4.69) is 38.6 Å². The number of piperidine rings is 1. The number of hydrogen-bond donors (Lipinski definition) is 2. The molecule has 1 aromatic rings. The van der Waals surface area contributed by atoms with Crippen molar-refractivity contribution in [1.82, 2.24) is 15.5 Å². The van der Waals surface area contributed by atoms with Crippen LogP contribution in [0.1, 0.15) is 18.4 Å². The van der Waals surface area contributed by atoms with E-state index in [9.17, 15) is 0 Å². The van der Waals surface area contributed by atoms with E-state index in [1.54, 1.807) is 0 Å². The largest absolute Gasteiger partial charge is 0.492 e. The van der Waals surface area contributed by atoms with Gasteiger partial charge in [-0.25, -0.2) is 0 Å². The fourth-order valence-corrected chi connectivity index (χ4v) is 3.99. The Kier molecular flexibility index (Phi) is 4.69. The molecule has 2 fully saturated rings. The lowest BCUT2D eigenvalue weighted by Gasteiger charge is -2.41. The van der Waals surface area contributed by atoms with Gasteiger partial charge in [0.05, 0.1) is 0 Å². The van der Waals surface area contributed by atoms with E-state index in [1.807, 2.05) is 0 Å². The highest BCUT2D eigenvalue weighted by atomic mass is 16.5. The molecule has 0 radical (unpaired) electrons. The standard InChI is InChI=1S/C18H28N4O/c1-2-17(13-18-15(1)14-20-7-12-23-18)22-10-8-21(9-11-22)16-3-5-19-6-4-16/h1-2,13,16,19-20H,3-12,14H2. The van der Waals surface area contributed by atoms with Gasteiger partial charge in [0.2, 0.25) is 0 Å². The summed E-state index contributed by atoms with van der Waals surface area (Å²) in [6.07, 6.45) is 2.61. The summed E-state index contributed by atoms with van der Waals surface area (Å²) < 4.78 is 5.89. The Hall–Kier alpha value is -1.30. The van der Waals surface area contributed by atoms with Crippen LogP contribution in [0.4, 0.5) is 5.69 Å². The van der Waals surface area contributed by atoms with Gasteiger partial charge in [0.1, 0.15) is 12.4 Å². The molecule has 4 rings (SSSR count). The van der Waals surface area contributed by atoms with Gasteiger partial charge in [-0.2, -0.15) is 0 Å². The molecule has 5 nitrogen and oxygen atoms in total. The lowest BCUT2D eigenvalue weighted by atomic mass is 10.0. The first-order chi connectivity index (χ1) is 11.4. The van der Waals surface area contributed by atoms with Gasteiger partial charge in [-0.05, 0) is 32.0 Å². The zero-order chi connectivity index (χ0) is 15.5. The van der Waals surface area contributed by atoms with Crippen LogP contribution in [-0.2, 0) is 6.54 Å². The maximum atomic E-state index is 5.89. The van der Waals surface area contributed by atoms with Gasteiger partial charge >= 0.3 is 0 Å². The van der Waals surface area contributed by atoms with E-state index >= 15 is 0 Å². The molecule has 3 heterocycles. The molecule has 0 saturated carbocycles. The van der Waals surface area contributed by atoms with Crippen LogP contribution in [0, 0.1) is 0 Å². The van der Waals surface area contributed by atoms with E-state index in [0.717, 1.165) is 44.6 Å². The number of nitrogens with zero attached hydrogens (tertiary/aromatic N) is 2. The van der Waals surface area contributed by atoms with Gasteiger partial charge in [0, 0.05) is 62.6 Å². The molecule has 3 aliphatic rings. The fraction of sp³-hybridized carbons (Fsp3) is 0.667. The molecule has 3 aliphatic heterocycles. The Morgan fingerprint density at radius 1 is 0.957 bits per heavy atom. The van der Waals surface area contributed by atoms with Crippen molar-refractivity contribution in [1.29, 1.82) is 0 Å². The molecule has 0 atom stereocenters. The van der Waals surface area contributed by atoms with Crippen LogP contribution in [0.25, 0.3) is 0 Å². The topological polar surface area (TPSA) is 39.8 Å². The number of hydrogen-bond acceptors (Lipinski definition) is 5. The minimum atomic E-state index is 0.764. The van der Waals surface area contributed by atoms with Crippen LogP contribution in [0.3, 0.4) is 0 Å². The van der Waals surface area contributed by atoms with Crippen molar-refractivity contribution in [2.75, 3.05) is 57.3 Å². The maximum absolute atomic E-state index is 5.89. The minimum Gasteiger partial charge on any atom is -0.492 e. The first-order valence-corrected chi connectivity index (χ1v) is 9.06. The third-order valence-corrected chi connectivity index (χ3v) is 5.41. The van der Waals surface area contributed by atoms with Gasteiger partial charge in [-0.3, -0.25) is 4.90 Å². The van der Waals surface area contributed by atoms with Crippen LogP contribution >= 0.6 is 0 Å². The third kappa shape index (κ3) is 3.47. The number of anilines is 1. The van der Waals surface area contributed by atoms with Gasteiger partial charge in [0.25, 0.3) is 0 Å². The van der Waals surface area contributed by atoms with E-state index in [4.69, 9.17) is 4.74 Å². The molecule has 126 valence electrons. The molecule has 0 amide bonds. The number of nitrogens with one attached hydrogen (secondary N) is 2. The number of fused-ring (bicyclic) bond motifs is 1. The van der Waals surface area contributed by atoms with E-state index in [1.165, 1.54) is 50.3 Å². The van der Waals surface area contributed by atoms with Crippen LogP contribution in [0.5, 0.6) is 5.75 Å². The SMILES string of the molecule is c1cc2c(cc1N1CCN(C3CCNCC3)CC1)OCCNC2. The second-order valence-electron chi connectivity index (χ2n) is 6.82. The molecule has 5 heteroatoms. The van der Waals surface area contributed by atoms with Crippen molar-refractivity contribution >= 4 is 5.69 Å². The van der Waals surface area contributed by atoms with Crippen molar-refractivity contribution in [3.05, 3.63) is 23.8 Å². The van der Waals surface area contributed by atoms with Crippen LogP contribution in [-0.4, -0.2) is 63.4 Å². The molecule has 0 spiro atoms. The quantitative estimate of drug-likeness (QED) is 0.853. The summed E-state index contributed by atoms with van der Waals surface area (Å²) in [7, 11) is 0. The van der Waals surface area contributed by atoms with Gasteiger partial charge < -0.3 is 20.3 Å². The van der Waals surface area contributed by atoms with Crippen molar-refractivity contribution in [3.8, 4) is 5.75 Å². The smallest absolute Gasteiger partial charge is 0.125 e. The normalized spacial score (nSPS) is 23.9. The lowest BCUT2D eigenvalue weighted by Crippen LogP contribution is -2.52. The predicted molar refractivity (Wildman–Crippen MR) is 93.3 cm³/mol. The lowest BCUT2D eigenvalue weighted by molar-refractivity contribution is 0.153. The van der Waals surface area contributed by atoms with Crippen molar-refractivity contribution in [2.24, 2.45) is 0 Å². The number of benzene rings is 1.